The number of rotatable bonds is 3. The van der Waals surface area contributed by atoms with Crippen LogP contribution in [0.3, 0.4) is 0 Å². The fraction of sp³-hybridized carbons (Fsp3) is 0.600. The molecule has 1 aromatic rings. The topological polar surface area (TPSA) is 49.4 Å². The molecule has 4 nitrogen and oxygen atoms in total. The van der Waals surface area contributed by atoms with Crippen LogP contribution in [-0.4, -0.2) is 37.9 Å². The third-order valence-electron chi connectivity index (χ3n) is 4.77. The average Bonchev–Trinajstić information content (AvgIpc) is 2.79. The van der Waals surface area contributed by atoms with E-state index in [9.17, 15) is 8.42 Å². The SMILES string of the molecule is Cc1ccc(Br)cc1S(=O)(=O)N(C)C1CC2CCC(C1)N2. The Morgan fingerprint density at radius 3 is 2.48 bits per heavy atom. The Bertz CT molecular complexity index is 635. The Morgan fingerprint density at radius 2 is 1.86 bits per heavy atom. The van der Waals surface area contributed by atoms with Gasteiger partial charge in [-0.2, -0.15) is 4.31 Å². The molecular formula is C15H21BrN2O2S. The van der Waals surface area contributed by atoms with Crippen molar-refractivity contribution >= 4 is 26.0 Å². The summed E-state index contributed by atoms with van der Waals surface area (Å²) in [4.78, 5) is 0.408. The Balaban J connectivity index is 1.89. The van der Waals surface area contributed by atoms with Gasteiger partial charge in [-0.3, -0.25) is 0 Å². The summed E-state index contributed by atoms with van der Waals surface area (Å²) in [6, 6.07) is 6.49. The second-order valence-corrected chi connectivity index (χ2v) is 9.08. The molecule has 2 saturated heterocycles. The molecule has 2 unspecified atom stereocenters. The zero-order chi connectivity index (χ0) is 15.2. The minimum Gasteiger partial charge on any atom is -0.311 e. The van der Waals surface area contributed by atoms with Crippen molar-refractivity contribution in [2.75, 3.05) is 7.05 Å². The molecule has 2 atom stereocenters. The first-order chi connectivity index (χ1) is 9.88. The molecule has 116 valence electrons. The predicted molar refractivity (Wildman–Crippen MR) is 86.8 cm³/mol. The number of hydrogen-bond acceptors (Lipinski definition) is 3. The van der Waals surface area contributed by atoms with Crippen LogP contribution in [0.4, 0.5) is 0 Å². The summed E-state index contributed by atoms with van der Waals surface area (Å²) >= 11 is 3.37. The van der Waals surface area contributed by atoms with Crippen molar-refractivity contribution in [2.24, 2.45) is 0 Å². The van der Waals surface area contributed by atoms with Crippen molar-refractivity contribution in [2.45, 2.75) is 55.6 Å². The van der Waals surface area contributed by atoms with E-state index in [4.69, 9.17) is 0 Å². The van der Waals surface area contributed by atoms with Crippen LogP contribution in [0.1, 0.15) is 31.2 Å². The van der Waals surface area contributed by atoms with Gasteiger partial charge in [0.1, 0.15) is 0 Å². The predicted octanol–water partition coefficient (Wildman–Crippen LogP) is 2.66. The molecule has 6 heteroatoms. The van der Waals surface area contributed by atoms with Crippen molar-refractivity contribution < 1.29 is 8.42 Å². The van der Waals surface area contributed by atoms with E-state index in [1.54, 1.807) is 17.4 Å². The van der Waals surface area contributed by atoms with Gasteiger partial charge in [-0.25, -0.2) is 8.42 Å². The largest absolute Gasteiger partial charge is 0.311 e. The summed E-state index contributed by atoms with van der Waals surface area (Å²) in [6.07, 6.45) is 4.18. The summed E-state index contributed by atoms with van der Waals surface area (Å²) < 4.78 is 28.2. The average molecular weight is 373 g/mol. The number of nitrogens with zero attached hydrogens (tertiary/aromatic N) is 1. The molecule has 0 aromatic heterocycles. The van der Waals surface area contributed by atoms with Crippen molar-refractivity contribution in [3.05, 3.63) is 28.2 Å². The van der Waals surface area contributed by atoms with Crippen molar-refractivity contribution in [3.8, 4) is 0 Å². The van der Waals surface area contributed by atoms with Crippen LogP contribution in [0.2, 0.25) is 0 Å². The van der Waals surface area contributed by atoms with Gasteiger partial charge in [-0.1, -0.05) is 22.0 Å². The lowest BCUT2D eigenvalue weighted by atomic mass is 10.0. The quantitative estimate of drug-likeness (QED) is 0.886. The van der Waals surface area contributed by atoms with E-state index < -0.39 is 10.0 Å². The van der Waals surface area contributed by atoms with Crippen molar-refractivity contribution in [1.29, 1.82) is 0 Å². The molecule has 1 aromatic carbocycles. The van der Waals surface area contributed by atoms with Crippen LogP contribution >= 0.6 is 15.9 Å². The molecule has 1 N–H and O–H groups in total. The second-order valence-electron chi connectivity index (χ2n) is 6.19. The molecule has 2 fully saturated rings. The van der Waals surface area contributed by atoms with Gasteiger partial charge in [0, 0.05) is 29.6 Å². The number of sulfonamides is 1. The molecule has 0 radical (unpaired) electrons. The third-order valence-corrected chi connectivity index (χ3v) is 7.31. The van der Waals surface area contributed by atoms with Crippen LogP contribution in [0.15, 0.2) is 27.6 Å². The van der Waals surface area contributed by atoms with Gasteiger partial charge in [-0.15, -0.1) is 0 Å². The monoisotopic (exact) mass is 372 g/mol. The first kappa shape index (κ1) is 15.5. The number of halogens is 1. The number of aryl methyl sites for hydroxylation is 1. The maximum Gasteiger partial charge on any atom is 0.243 e. The summed E-state index contributed by atoms with van der Waals surface area (Å²) in [5.74, 6) is 0. The van der Waals surface area contributed by atoms with E-state index in [2.05, 4.69) is 21.2 Å². The number of piperidine rings is 1. The van der Waals surface area contributed by atoms with Crippen LogP contribution in [0.25, 0.3) is 0 Å². The number of fused-ring (bicyclic) bond motifs is 2. The highest BCUT2D eigenvalue weighted by atomic mass is 79.9. The first-order valence-corrected chi connectivity index (χ1v) is 9.61. The molecule has 2 bridgehead atoms. The molecule has 0 spiro atoms. The number of nitrogens with one attached hydrogen (secondary N) is 1. The zero-order valence-corrected chi connectivity index (χ0v) is 14.7. The fourth-order valence-electron chi connectivity index (χ4n) is 3.53. The lowest BCUT2D eigenvalue weighted by Gasteiger charge is -2.35. The van der Waals surface area contributed by atoms with Crippen LogP contribution in [0.5, 0.6) is 0 Å². The minimum absolute atomic E-state index is 0.104. The van der Waals surface area contributed by atoms with Gasteiger partial charge in [0.25, 0.3) is 0 Å². The molecular weight excluding hydrogens is 352 g/mol. The smallest absolute Gasteiger partial charge is 0.243 e. The van der Waals surface area contributed by atoms with Crippen molar-refractivity contribution in [3.63, 3.8) is 0 Å². The molecule has 0 saturated carbocycles. The summed E-state index contributed by atoms with van der Waals surface area (Å²) in [5.41, 5.74) is 0.793. The Kier molecular flexibility index (Phi) is 4.16. The third kappa shape index (κ3) is 2.91. The molecule has 2 aliphatic heterocycles. The standard InChI is InChI=1S/C15H21BrN2O2S/c1-10-3-4-11(16)7-15(10)21(19,20)18(2)14-8-12-5-6-13(9-14)17-12/h3-4,7,12-14,17H,5-6,8-9H2,1-2H3. The maximum atomic E-state index is 12.9. The summed E-state index contributed by atoms with van der Waals surface area (Å²) in [6.45, 7) is 1.85. The maximum absolute atomic E-state index is 12.9. The van der Waals surface area contributed by atoms with Crippen LogP contribution in [-0.2, 0) is 10.0 Å². The lowest BCUT2D eigenvalue weighted by Crippen LogP contribution is -2.48. The summed E-state index contributed by atoms with van der Waals surface area (Å²) in [7, 11) is -1.71. The van der Waals surface area contributed by atoms with Crippen LogP contribution in [0, 0.1) is 6.92 Å². The van der Waals surface area contributed by atoms with E-state index >= 15 is 0 Å². The molecule has 2 aliphatic rings. The normalized spacial score (nSPS) is 29.0. The Hall–Kier alpha value is -0.430. The zero-order valence-electron chi connectivity index (χ0n) is 12.3. The highest BCUT2D eigenvalue weighted by Crippen LogP contribution is 2.32. The highest BCUT2D eigenvalue weighted by Gasteiger charge is 2.39. The van der Waals surface area contributed by atoms with Crippen molar-refractivity contribution in [1.82, 2.24) is 9.62 Å². The van der Waals surface area contributed by atoms with Gasteiger partial charge >= 0.3 is 0 Å². The lowest BCUT2D eigenvalue weighted by molar-refractivity contribution is 0.251. The second kappa shape index (κ2) is 5.65. The van der Waals surface area contributed by atoms with E-state index in [0.717, 1.165) is 22.9 Å². The fourth-order valence-corrected chi connectivity index (χ4v) is 5.67. The number of hydrogen-bond donors (Lipinski definition) is 1. The molecule has 0 aliphatic carbocycles. The first-order valence-electron chi connectivity index (χ1n) is 7.38. The van der Waals surface area contributed by atoms with Gasteiger partial charge in [0.15, 0.2) is 0 Å². The van der Waals surface area contributed by atoms with E-state index in [0.29, 0.717) is 17.0 Å². The number of benzene rings is 1. The van der Waals surface area contributed by atoms with Gasteiger partial charge in [0.05, 0.1) is 4.90 Å². The van der Waals surface area contributed by atoms with Gasteiger partial charge in [-0.05, 0) is 50.3 Å². The van der Waals surface area contributed by atoms with Gasteiger partial charge < -0.3 is 5.32 Å². The van der Waals surface area contributed by atoms with Gasteiger partial charge in [0.2, 0.25) is 10.0 Å². The van der Waals surface area contributed by atoms with E-state index in [1.165, 1.54) is 12.8 Å². The molecule has 2 heterocycles. The highest BCUT2D eigenvalue weighted by molar-refractivity contribution is 9.10. The minimum atomic E-state index is -3.44. The van der Waals surface area contributed by atoms with E-state index in [1.807, 2.05) is 19.1 Å². The molecule has 3 rings (SSSR count). The molecule has 21 heavy (non-hydrogen) atoms. The molecule has 0 amide bonds. The van der Waals surface area contributed by atoms with E-state index in [-0.39, 0.29) is 6.04 Å². The Morgan fingerprint density at radius 1 is 1.24 bits per heavy atom. The van der Waals surface area contributed by atoms with Crippen LogP contribution < -0.4 is 5.32 Å². The summed E-state index contributed by atoms with van der Waals surface area (Å²) in [5, 5.41) is 3.56. The Labute approximate surface area is 135 Å².